The van der Waals surface area contributed by atoms with Crippen LogP contribution in [0.1, 0.15) is 44.4 Å². The Morgan fingerprint density at radius 3 is 2.65 bits per heavy atom. The highest BCUT2D eigenvalue weighted by atomic mass is 16.1. The topological polar surface area (TPSA) is 51.1 Å². The number of benzene rings is 2. The molecule has 1 atom stereocenters. The zero-order valence-electron chi connectivity index (χ0n) is 14.5. The highest BCUT2D eigenvalue weighted by Crippen LogP contribution is 2.39. The maximum Gasteiger partial charge on any atom is 0.186 e. The minimum absolute atomic E-state index is 0.0327. The van der Waals surface area contributed by atoms with E-state index >= 15 is 0 Å². The van der Waals surface area contributed by atoms with Crippen LogP contribution < -0.4 is 5.32 Å². The van der Waals surface area contributed by atoms with E-state index < -0.39 is 6.04 Å². The van der Waals surface area contributed by atoms with Gasteiger partial charge in [-0.1, -0.05) is 42.5 Å². The Bertz CT molecular complexity index is 1030. The van der Waals surface area contributed by atoms with E-state index in [9.17, 15) is 9.59 Å². The molecule has 2 aliphatic heterocycles. The van der Waals surface area contributed by atoms with Gasteiger partial charge in [0, 0.05) is 41.6 Å². The molecule has 0 bridgehead atoms. The Balaban J connectivity index is 1.77. The molecule has 3 aromatic rings. The number of fused-ring (bicyclic) bond motifs is 3. The summed E-state index contributed by atoms with van der Waals surface area (Å²) in [5.41, 5.74) is 4.92. The molecule has 0 amide bonds. The minimum Gasteiger partial charge on any atom is -0.332 e. The lowest BCUT2D eigenvalue weighted by Crippen LogP contribution is -2.29. The van der Waals surface area contributed by atoms with Gasteiger partial charge in [-0.05, 0) is 24.6 Å². The molecule has 4 heteroatoms. The molecule has 3 heterocycles. The van der Waals surface area contributed by atoms with E-state index in [4.69, 9.17) is 0 Å². The van der Waals surface area contributed by atoms with Crippen molar-refractivity contribution in [2.24, 2.45) is 0 Å². The fourth-order valence-electron chi connectivity index (χ4n) is 4.53. The number of rotatable bonds is 2. The van der Waals surface area contributed by atoms with Crippen LogP contribution in [0.5, 0.6) is 0 Å². The van der Waals surface area contributed by atoms with Crippen LogP contribution >= 0.6 is 0 Å². The molecule has 0 aliphatic carbocycles. The summed E-state index contributed by atoms with van der Waals surface area (Å²) in [6, 6.07) is 14.9. The first-order valence-electron chi connectivity index (χ1n) is 9.23. The van der Waals surface area contributed by atoms with Crippen LogP contribution in [0.3, 0.4) is 0 Å². The van der Waals surface area contributed by atoms with Gasteiger partial charge in [-0.2, -0.15) is 0 Å². The summed E-state index contributed by atoms with van der Waals surface area (Å²) in [4.78, 5) is 26.1. The molecule has 0 saturated heterocycles. The van der Waals surface area contributed by atoms with Gasteiger partial charge < -0.3 is 9.88 Å². The summed E-state index contributed by atoms with van der Waals surface area (Å²) in [7, 11) is 0. The SMILES string of the molecule is O=C1CC(C(=O)c2ccccc2)n2c3c(c4cccc1c42)CCNCC3. The van der Waals surface area contributed by atoms with Crippen molar-refractivity contribution in [3.8, 4) is 0 Å². The summed E-state index contributed by atoms with van der Waals surface area (Å²) in [5, 5.41) is 4.59. The van der Waals surface area contributed by atoms with E-state index in [1.165, 1.54) is 11.3 Å². The molecule has 130 valence electrons. The van der Waals surface area contributed by atoms with Gasteiger partial charge in [0.15, 0.2) is 11.6 Å². The van der Waals surface area contributed by atoms with E-state index in [0.717, 1.165) is 42.4 Å². The van der Waals surface area contributed by atoms with Gasteiger partial charge in [0.05, 0.1) is 5.52 Å². The van der Waals surface area contributed by atoms with Crippen molar-refractivity contribution in [2.45, 2.75) is 25.3 Å². The van der Waals surface area contributed by atoms with Crippen molar-refractivity contribution in [2.75, 3.05) is 13.1 Å². The Morgan fingerprint density at radius 1 is 1.00 bits per heavy atom. The van der Waals surface area contributed by atoms with Gasteiger partial charge in [-0.25, -0.2) is 0 Å². The molecule has 1 unspecified atom stereocenters. The fourth-order valence-corrected chi connectivity index (χ4v) is 4.53. The second kappa shape index (κ2) is 5.92. The maximum absolute atomic E-state index is 13.3. The molecule has 26 heavy (non-hydrogen) atoms. The van der Waals surface area contributed by atoms with Crippen LogP contribution in [0.4, 0.5) is 0 Å². The maximum atomic E-state index is 13.3. The third kappa shape index (κ3) is 2.19. The Labute approximate surface area is 151 Å². The first-order valence-corrected chi connectivity index (χ1v) is 9.23. The van der Waals surface area contributed by atoms with Crippen molar-refractivity contribution in [3.63, 3.8) is 0 Å². The molecule has 0 spiro atoms. The molecule has 0 fully saturated rings. The molecule has 1 N–H and O–H groups in total. The van der Waals surface area contributed by atoms with Crippen molar-refractivity contribution < 1.29 is 9.59 Å². The summed E-state index contributed by atoms with van der Waals surface area (Å²) < 4.78 is 2.18. The van der Waals surface area contributed by atoms with Gasteiger partial charge in [-0.3, -0.25) is 9.59 Å². The zero-order chi connectivity index (χ0) is 17.7. The first-order chi connectivity index (χ1) is 12.8. The quantitative estimate of drug-likeness (QED) is 0.726. The summed E-state index contributed by atoms with van der Waals surface area (Å²) >= 11 is 0. The predicted molar refractivity (Wildman–Crippen MR) is 101 cm³/mol. The fraction of sp³-hybridized carbons (Fsp3) is 0.273. The van der Waals surface area contributed by atoms with Crippen molar-refractivity contribution in [3.05, 3.63) is 70.9 Å². The van der Waals surface area contributed by atoms with Crippen LogP contribution in [-0.4, -0.2) is 29.2 Å². The molecule has 0 saturated carbocycles. The lowest BCUT2D eigenvalue weighted by molar-refractivity contribution is 0.0850. The molecule has 2 aliphatic rings. The number of carbonyl (C=O) groups is 2. The normalized spacial score (nSPS) is 19.2. The van der Waals surface area contributed by atoms with Crippen LogP contribution in [0.15, 0.2) is 48.5 Å². The number of hydrogen-bond acceptors (Lipinski definition) is 3. The standard InChI is InChI=1S/C22H20N2O2/c25-20-13-19(22(26)14-5-2-1-3-6-14)24-18-10-12-23-11-9-15(18)16-7-4-8-17(20)21(16)24/h1-8,19,23H,9-13H2. The zero-order valence-corrected chi connectivity index (χ0v) is 14.5. The van der Waals surface area contributed by atoms with Crippen molar-refractivity contribution in [1.29, 1.82) is 0 Å². The van der Waals surface area contributed by atoms with Crippen molar-refractivity contribution in [1.82, 2.24) is 9.88 Å². The highest BCUT2D eigenvalue weighted by Gasteiger charge is 2.35. The number of hydrogen-bond donors (Lipinski definition) is 1. The average molecular weight is 344 g/mol. The van der Waals surface area contributed by atoms with E-state index in [2.05, 4.69) is 16.0 Å². The second-order valence-corrected chi connectivity index (χ2v) is 7.12. The molecular formula is C22H20N2O2. The average Bonchev–Trinajstić information content (AvgIpc) is 2.83. The molecule has 5 rings (SSSR count). The second-order valence-electron chi connectivity index (χ2n) is 7.12. The molecule has 0 radical (unpaired) electrons. The highest BCUT2D eigenvalue weighted by molar-refractivity contribution is 6.13. The van der Waals surface area contributed by atoms with Gasteiger partial charge in [0.25, 0.3) is 0 Å². The van der Waals surface area contributed by atoms with Crippen molar-refractivity contribution >= 4 is 22.5 Å². The molecular weight excluding hydrogens is 324 g/mol. The van der Waals surface area contributed by atoms with Crippen LogP contribution in [-0.2, 0) is 12.8 Å². The van der Waals surface area contributed by atoms with E-state index in [-0.39, 0.29) is 18.0 Å². The number of Topliss-reactive ketones (excluding diaryl/α,β-unsaturated/α-hetero) is 2. The Morgan fingerprint density at radius 2 is 1.81 bits per heavy atom. The van der Waals surface area contributed by atoms with Gasteiger partial charge in [0.1, 0.15) is 6.04 Å². The number of nitrogens with one attached hydrogen (secondary N) is 1. The number of ketones is 2. The summed E-state index contributed by atoms with van der Waals surface area (Å²) in [5.74, 6) is 0.105. The molecule has 1 aromatic heterocycles. The lowest BCUT2D eigenvalue weighted by atomic mass is 9.92. The molecule has 4 nitrogen and oxygen atoms in total. The smallest absolute Gasteiger partial charge is 0.186 e. The first kappa shape index (κ1) is 15.5. The van der Waals surface area contributed by atoms with Crippen LogP contribution in [0, 0.1) is 0 Å². The van der Waals surface area contributed by atoms with E-state index in [1.54, 1.807) is 0 Å². The van der Waals surface area contributed by atoms with E-state index in [1.807, 2.05) is 42.5 Å². The third-order valence-corrected chi connectivity index (χ3v) is 5.68. The third-order valence-electron chi connectivity index (χ3n) is 5.68. The van der Waals surface area contributed by atoms with Crippen LogP contribution in [0.25, 0.3) is 10.9 Å². The summed E-state index contributed by atoms with van der Waals surface area (Å²) in [6.45, 7) is 1.83. The largest absolute Gasteiger partial charge is 0.332 e. The predicted octanol–water partition coefficient (Wildman–Crippen LogP) is 3.34. The summed E-state index contributed by atoms with van der Waals surface area (Å²) in [6.07, 6.45) is 2.06. The van der Waals surface area contributed by atoms with E-state index in [0.29, 0.717) is 5.56 Å². The lowest BCUT2D eigenvalue weighted by Gasteiger charge is -2.26. The Kier molecular flexibility index (Phi) is 3.54. The molecule has 2 aromatic carbocycles. The van der Waals surface area contributed by atoms with Gasteiger partial charge in [-0.15, -0.1) is 0 Å². The number of nitrogens with zero attached hydrogens (tertiary/aromatic N) is 1. The number of carbonyl (C=O) groups excluding carboxylic acids is 2. The number of aromatic nitrogens is 1. The monoisotopic (exact) mass is 344 g/mol. The number of para-hydroxylation sites is 1. The Hall–Kier alpha value is -2.72. The van der Waals surface area contributed by atoms with Crippen LogP contribution in [0.2, 0.25) is 0 Å². The van der Waals surface area contributed by atoms with Gasteiger partial charge >= 0.3 is 0 Å². The minimum atomic E-state index is -0.441. The van der Waals surface area contributed by atoms with Gasteiger partial charge in [0.2, 0.25) is 0 Å².